The summed E-state index contributed by atoms with van der Waals surface area (Å²) in [6.07, 6.45) is 0. The molecule has 0 unspecified atom stereocenters. The van der Waals surface area contributed by atoms with E-state index in [1.165, 1.54) is 30.0 Å². The molecule has 0 bridgehead atoms. The van der Waals surface area contributed by atoms with Crippen LogP contribution >= 0.6 is 23.1 Å². The van der Waals surface area contributed by atoms with Crippen molar-refractivity contribution in [3.63, 3.8) is 0 Å². The molecule has 0 saturated heterocycles. The first-order valence-electron chi connectivity index (χ1n) is 7.52. The molecule has 2 aromatic carbocycles. The van der Waals surface area contributed by atoms with Crippen molar-refractivity contribution in [1.82, 2.24) is 4.98 Å². The molecule has 6 heteroatoms. The molecule has 0 N–H and O–H groups in total. The highest BCUT2D eigenvalue weighted by Crippen LogP contribution is 2.34. The molecule has 4 aromatic rings. The van der Waals surface area contributed by atoms with Gasteiger partial charge in [-0.1, -0.05) is 23.9 Å². The van der Waals surface area contributed by atoms with Crippen molar-refractivity contribution in [3.05, 3.63) is 75.8 Å². The molecule has 0 aliphatic rings. The van der Waals surface area contributed by atoms with Crippen molar-refractivity contribution in [2.24, 2.45) is 0 Å². The van der Waals surface area contributed by atoms with Crippen LogP contribution in [0.2, 0.25) is 0 Å². The van der Waals surface area contributed by atoms with E-state index in [2.05, 4.69) is 4.98 Å². The van der Waals surface area contributed by atoms with Gasteiger partial charge in [-0.3, -0.25) is 0 Å². The second-order valence-corrected chi connectivity index (χ2v) is 7.68. The van der Waals surface area contributed by atoms with E-state index < -0.39 is 5.63 Å². The fourth-order valence-corrected chi connectivity index (χ4v) is 4.39. The maximum atomic E-state index is 13.2. The van der Waals surface area contributed by atoms with Crippen molar-refractivity contribution in [2.45, 2.75) is 16.2 Å². The first-order valence-corrected chi connectivity index (χ1v) is 9.22. The lowest BCUT2D eigenvalue weighted by Crippen LogP contribution is -1.98. The molecule has 0 spiro atoms. The third-order valence-corrected chi connectivity index (χ3v) is 5.72. The molecule has 3 nitrogen and oxygen atoms in total. The van der Waals surface area contributed by atoms with E-state index in [9.17, 15) is 9.18 Å². The Hall–Kier alpha value is -2.44. The van der Waals surface area contributed by atoms with Crippen molar-refractivity contribution >= 4 is 34.1 Å². The minimum Gasteiger partial charge on any atom is -0.423 e. The van der Waals surface area contributed by atoms with Gasteiger partial charge in [0.05, 0.1) is 0 Å². The zero-order valence-electron chi connectivity index (χ0n) is 13.2. The van der Waals surface area contributed by atoms with Gasteiger partial charge in [0.2, 0.25) is 0 Å². The smallest absolute Gasteiger partial charge is 0.336 e. The van der Waals surface area contributed by atoms with Crippen LogP contribution in [-0.2, 0) is 0 Å². The van der Waals surface area contributed by atoms with E-state index in [-0.39, 0.29) is 5.82 Å². The number of fused-ring (bicyclic) bond motifs is 1. The Labute approximate surface area is 151 Å². The van der Waals surface area contributed by atoms with Gasteiger partial charge in [-0.05, 0) is 48.4 Å². The standard InChI is InChI=1S/C19H12FNO2S2/c1-11-10-24-19(21-11)25-14-6-7-15-16(9-18(22)23-17(15)8-14)12-2-4-13(20)5-3-12/h2-10H,1H3. The molecule has 4 rings (SSSR count). The molecular formula is C19H12FNO2S2. The Morgan fingerprint density at radius 1 is 1.12 bits per heavy atom. The molecule has 0 radical (unpaired) electrons. The van der Waals surface area contributed by atoms with Gasteiger partial charge in [0.1, 0.15) is 11.4 Å². The van der Waals surface area contributed by atoms with E-state index in [0.717, 1.165) is 31.4 Å². The van der Waals surface area contributed by atoms with Crippen LogP contribution in [-0.4, -0.2) is 4.98 Å². The molecule has 0 fully saturated rings. The van der Waals surface area contributed by atoms with Crippen LogP contribution in [0.3, 0.4) is 0 Å². The van der Waals surface area contributed by atoms with Crippen molar-refractivity contribution in [1.29, 1.82) is 0 Å². The average molecular weight is 369 g/mol. The Morgan fingerprint density at radius 2 is 1.92 bits per heavy atom. The molecule has 0 aliphatic heterocycles. The summed E-state index contributed by atoms with van der Waals surface area (Å²) in [6, 6.07) is 13.2. The summed E-state index contributed by atoms with van der Waals surface area (Å²) in [5.74, 6) is -0.312. The summed E-state index contributed by atoms with van der Waals surface area (Å²) in [4.78, 5) is 17.3. The van der Waals surface area contributed by atoms with Crippen LogP contribution in [0.15, 0.2) is 72.4 Å². The number of aromatic nitrogens is 1. The van der Waals surface area contributed by atoms with Gasteiger partial charge < -0.3 is 4.42 Å². The molecular weight excluding hydrogens is 357 g/mol. The van der Waals surface area contributed by atoms with E-state index in [4.69, 9.17) is 4.42 Å². The number of rotatable bonds is 3. The predicted octanol–water partition coefficient (Wildman–Crippen LogP) is 5.52. The second kappa shape index (κ2) is 6.46. The van der Waals surface area contributed by atoms with E-state index >= 15 is 0 Å². The fourth-order valence-electron chi connectivity index (χ4n) is 2.55. The highest BCUT2D eigenvalue weighted by atomic mass is 32.2. The summed E-state index contributed by atoms with van der Waals surface area (Å²) in [5, 5.41) is 2.81. The lowest BCUT2D eigenvalue weighted by Gasteiger charge is -2.07. The topological polar surface area (TPSA) is 43.1 Å². The SMILES string of the molecule is Cc1csc(Sc2ccc3c(-c4ccc(F)cc4)cc(=O)oc3c2)n1. The summed E-state index contributed by atoms with van der Waals surface area (Å²) >= 11 is 3.11. The molecule has 124 valence electrons. The Kier molecular flexibility index (Phi) is 4.15. The second-order valence-electron chi connectivity index (χ2n) is 5.50. The summed E-state index contributed by atoms with van der Waals surface area (Å²) in [7, 11) is 0. The number of hydrogen-bond acceptors (Lipinski definition) is 5. The number of halogens is 1. The Balaban J connectivity index is 1.80. The van der Waals surface area contributed by atoms with Crippen LogP contribution in [0.4, 0.5) is 4.39 Å². The first-order chi connectivity index (χ1) is 12.1. The van der Waals surface area contributed by atoms with Crippen molar-refractivity contribution < 1.29 is 8.81 Å². The molecule has 0 saturated carbocycles. The van der Waals surface area contributed by atoms with Gasteiger partial charge in [-0.2, -0.15) is 0 Å². The minimum atomic E-state index is -0.431. The van der Waals surface area contributed by atoms with Gasteiger partial charge >= 0.3 is 5.63 Å². The molecule has 2 heterocycles. The quantitative estimate of drug-likeness (QED) is 0.446. The number of benzene rings is 2. The number of hydrogen-bond donors (Lipinski definition) is 0. The van der Waals surface area contributed by atoms with Crippen LogP contribution < -0.4 is 5.63 Å². The molecule has 0 atom stereocenters. The van der Waals surface area contributed by atoms with Crippen LogP contribution in [0.5, 0.6) is 0 Å². The van der Waals surface area contributed by atoms with Gasteiger partial charge in [0.15, 0.2) is 4.34 Å². The number of thiazole rings is 1. The molecule has 0 aliphatic carbocycles. The highest BCUT2D eigenvalue weighted by Gasteiger charge is 2.10. The predicted molar refractivity (Wildman–Crippen MR) is 98.9 cm³/mol. The summed E-state index contributed by atoms with van der Waals surface area (Å²) in [6.45, 7) is 1.95. The van der Waals surface area contributed by atoms with Gasteiger partial charge in [-0.15, -0.1) is 11.3 Å². The van der Waals surface area contributed by atoms with Crippen molar-refractivity contribution in [3.8, 4) is 11.1 Å². The third-order valence-electron chi connectivity index (χ3n) is 3.67. The monoisotopic (exact) mass is 369 g/mol. The summed E-state index contributed by atoms with van der Waals surface area (Å²) in [5.41, 5.74) is 2.56. The largest absolute Gasteiger partial charge is 0.423 e. The zero-order valence-corrected chi connectivity index (χ0v) is 14.8. The third kappa shape index (κ3) is 3.36. The van der Waals surface area contributed by atoms with Crippen molar-refractivity contribution in [2.75, 3.05) is 0 Å². The average Bonchev–Trinajstić information content (AvgIpc) is 2.99. The number of aryl methyl sites for hydroxylation is 1. The fraction of sp³-hybridized carbons (Fsp3) is 0.0526. The lowest BCUT2D eigenvalue weighted by atomic mass is 10.0. The van der Waals surface area contributed by atoms with E-state index in [0.29, 0.717) is 5.58 Å². The summed E-state index contributed by atoms with van der Waals surface area (Å²) < 4.78 is 19.5. The first kappa shape index (κ1) is 16.1. The number of nitrogens with zero attached hydrogens (tertiary/aromatic N) is 1. The molecule has 0 amide bonds. The van der Waals surface area contributed by atoms with Crippen LogP contribution in [0, 0.1) is 12.7 Å². The van der Waals surface area contributed by atoms with Crippen LogP contribution in [0.1, 0.15) is 5.69 Å². The van der Waals surface area contributed by atoms with Gasteiger partial charge in [0.25, 0.3) is 0 Å². The van der Waals surface area contributed by atoms with Gasteiger partial charge in [0, 0.05) is 27.4 Å². The maximum absolute atomic E-state index is 13.2. The molecule has 2 aromatic heterocycles. The maximum Gasteiger partial charge on any atom is 0.336 e. The lowest BCUT2D eigenvalue weighted by molar-refractivity contribution is 0.561. The van der Waals surface area contributed by atoms with Gasteiger partial charge in [-0.25, -0.2) is 14.2 Å². The van der Waals surface area contributed by atoms with E-state index in [1.54, 1.807) is 23.5 Å². The van der Waals surface area contributed by atoms with Crippen LogP contribution in [0.25, 0.3) is 22.1 Å². The highest BCUT2D eigenvalue weighted by molar-refractivity contribution is 8.01. The Morgan fingerprint density at radius 3 is 2.64 bits per heavy atom. The van der Waals surface area contributed by atoms with E-state index in [1.807, 2.05) is 30.5 Å². The Bertz CT molecular complexity index is 1120. The minimum absolute atomic E-state index is 0.312. The molecule has 25 heavy (non-hydrogen) atoms. The zero-order chi connectivity index (χ0) is 17.4. The normalized spacial score (nSPS) is 11.1.